The maximum absolute atomic E-state index is 12.8. The fraction of sp³-hybridized carbons (Fsp3) is 0.409. The summed E-state index contributed by atoms with van der Waals surface area (Å²) in [6.07, 6.45) is -2.42. The fourth-order valence-electron chi connectivity index (χ4n) is 3.07. The molecule has 0 atom stereocenters. The van der Waals surface area contributed by atoms with E-state index < -0.39 is 29.8 Å². The topological polar surface area (TPSA) is 132 Å². The number of anilines is 2. The molecular formula is C22H26F3N7O3S. The van der Waals surface area contributed by atoms with E-state index in [0.717, 1.165) is 28.9 Å². The van der Waals surface area contributed by atoms with Gasteiger partial charge in [-0.1, -0.05) is 13.0 Å². The molecule has 14 heteroatoms. The van der Waals surface area contributed by atoms with Gasteiger partial charge < -0.3 is 16.0 Å². The van der Waals surface area contributed by atoms with Gasteiger partial charge in [0.15, 0.2) is 5.57 Å². The number of thiazole rings is 1. The molecule has 0 aliphatic heterocycles. The number of likely N-dealkylation sites (N-methyl/N-ethyl adjacent to an activating group) is 1. The first-order chi connectivity index (χ1) is 17.0. The predicted molar refractivity (Wildman–Crippen MR) is 130 cm³/mol. The number of nitrogens with one attached hydrogen (secondary N) is 3. The van der Waals surface area contributed by atoms with E-state index in [1.54, 1.807) is 36.5 Å². The van der Waals surface area contributed by atoms with E-state index in [4.69, 9.17) is 0 Å². The van der Waals surface area contributed by atoms with E-state index in [9.17, 15) is 32.8 Å². The maximum atomic E-state index is 12.8. The van der Waals surface area contributed by atoms with Crippen LogP contribution in [-0.4, -0.2) is 59.1 Å². The van der Waals surface area contributed by atoms with Crippen LogP contribution in [0.15, 0.2) is 23.0 Å². The summed E-state index contributed by atoms with van der Waals surface area (Å²) in [5.74, 6) is -0.869. The average Bonchev–Trinajstić information content (AvgIpc) is 3.11. The van der Waals surface area contributed by atoms with Crippen LogP contribution in [0, 0.1) is 11.3 Å². The van der Waals surface area contributed by atoms with Crippen molar-refractivity contribution in [1.29, 1.82) is 5.26 Å². The molecule has 0 aliphatic carbocycles. The van der Waals surface area contributed by atoms with Crippen LogP contribution >= 0.6 is 11.3 Å². The minimum absolute atomic E-state index is 0.0668. The molecule has 2 amide bonds. The molecule has 2 rings (SSSR count). The summed E-state index contributed by atoms with van der Waals surface area (Å²) in [5.41, 5.74) is -1.14. The maximum Gasteiger partial charge on any atom is 0.405 e. The summed E-state index contributed by atoms with van der Waals surface area (Å²) in [4.78, 5) is 43.2. The second kappa shape index (κ2) is 12.8. The third-order valence-corrected chi connectivity index (χ3v) is 5.74. The van der Waals surface area contributed by atoms with Crippen molar-refractivity contribution in [2.45, 2.75) is 33.0 Å². The highest BCUT2D eigenvalue weighted by molar-refractivity contribution is 7.07. The fourth-order valence-corrected chi connectivity index (χ4v) is 4.16. The first kappa shape index (κ1) is 28.5. The van der Waals surface area contributed by atoms with E-state index in [1.165, 1.54) is 6.20 Å². The lowest BCUT2D eigenvalue weighted by atomic mass is 10.3. The van der Waals surface area contributed by atoms with E-state index in [0.29, 0.717) is 11.6 Å². The van der Waals surface area contributed by atoms with Crippen LogP contribution in [0.3, 0.4) is 0 Å². The number of nitrogens with zero attached hydrogens (tertiary/aromatic N) is 4. The highest BCUT2D eigenvalue weighted by atomic mass is 32.1. The summed E-state index contributed by atoms with van der Waals surface area (Å²) in [5, 5.41) is 16.5. The van der Waals surface area contributed by atoms with Gasteiger partial charge in [-0.05, 0) is 39.1 Å². The lowest BCUT2D eigenvalue weighted by Crippen LogP contribution is -2.37. The van der Waals surface area contributed by atoms with Crippen molar-refractivity contribution in [3.8, 4) is 6.07 Å². The number of pyridine rings is 1. The number of rotatable bonds is 10. The van der Waals surface area contributed by atoms with Gasteiger partial charge in [-0.15, -0.1) is 11.3 Å². The van der Waals surface area contributed by atoms with Crippen molar-refractivity contribution >= 4 is 46.6 Å². The Balaban J connectivity index is 2.31. The number of aromatic nitrogens is 2. The molecule has 0 fully saturated rings. The van der Waals surface area contributed by atoms with Crippen LogP contribution in [0.4, 0.5) is 24.8 Å². The SMILES string of the molecule is CCCN(C)CC(=O)Nc1cccc(N/C=c2/s/c(=C(/C#N)C(=O)NCC(F)(F)F)n(CC)c2=O)n1. The molecule has 0 aliphatic rings. The molecule has 0 radical (unpaired) electrons. The lowest BCUT2D eigenvalue weighted by molar-refractivity contribution is -0.135. The van der Waals surface area contributed by atoms with Crippen LogP contribution in [0.2, 0.25) is 0 Å². The van der Waals surface area contributed by atoms with Crippen LogP contribution in [-0.2, 0) is 16.1 Å². The third kappa shape index (κ3) is 8.21. The Kier molecular flexibility index (Phi) is 10.2. The minimum atomic E-state index is -4.65. The van der Waals surface area contributed by atoms with Crippen LogP contribution < -0.4 is 30.7 Å². The van der Waals surface area contributed by atoms with Crippen molar-refractivity contribution in [3.05, 3.63) is 37.7 Å². The molecule has 3 N–H and O–H groups in total. The molecule has 0 aromatic carbocycles. The number of hydrogen-bond acceptors (Lipinski definition) is 8. The van der Waals surface area contributed by atoms with E-state index >= 15 is 0 Å². The first-order valence-corrected chi connectivity index (χ1v) is 11.7. The van der Waals surface area contributed by atoms with E-state index in [2.05, 4.69) is 15.6 Å². The average molecular weight is 526 g/mol. The van der Waals surface area contributed by atoms with E-state index in [1.807, 2.05) is 18.9 Å². The van der Waals surface area contributed by atoms with Crippen molar-refractivity contribution in [3.63, 3.8) is 0 Å². The van der Waals surface area contributed by atoms with Gasteiger partial charge >= 0.3 is 6.18 Å². The van der Waals surface area contributed by atoms with Crippen molar-refractivity contribution < 1.29 is 22.8 Å². The highest BCUT2D eigenvalue weighted by Gasteiger charge is 2.28. The molecule has 0 saturated carbocycles. The predicted octanol–water partition coefficient (Wildman–Crippen LogP) is 0.808. The second-order valence-corrected chi connectivity index (χ2v) is 8.62. The van der Waals surface area contributed by atoms with Crippen LogP contribution in [0.5, 0.6) is 0 Å². The summed E-state index contributed by atoms with van der Waals surface area (Å²) in [7, 11) is 1.83. The van der Waals surface area contributed by atoms with Gasteiger partial charge in [0, 0.05) is 12.7 Å². The number of halogens is 3. The Morgan fingerprint density at radius 1 is 1.28 bits per heavy atom. The molecule has 10 nitrogen and oxygen atoms in total. The molecule has 2 aromatic rings. The molecule has 0 unspecified atom stereocenters. The zero-order chi connectivity index (χ0) is 26.9. The number of amides is 2. The molecule has 2 heterocycles. The Labute approximate surface area is 208 Å². The third-order valence-electron chi connectivity index (χ3n) is 4.61. The van der Waals surface area contributed by atoms with Crippen LogP contribution in [0.1, 0.15) is 20.3 Å². The lowest BCUT2D eigenvalue weighted by Gasteiger charge is -2.14. The standard InChI is InChI=1S/C22H26F3N7O3S/c1-4-9-31(3)12-18(33)30-17-8-6-7-16(29-17)27-11-15-20(35)32(5-2)21(36-15)14(10-26)19(34)28-13-22(23,24)25/h6-8,11H,4-5,9,12-13H2,1-3H3,(H,28,34)(H2,27,29,30,33)/b15-11+,21-14-. The van der Waals surface area contributed by atoms with Gasteiger partial charge in [0.1, 0.15) is 33.4 Å². The number of nitriles is 1. The van der Waals surface area contributed by atoms with Gasteiger partial charge in [0.25, 0.3) is 11.5 Å². The van der Waals surface area contributed by atoms with Crippen molar-refractivity contribution in [2.24, 2.45) is 0 Å². The first-order valence-electron chi connectivity index (χ1n) is 10.9. The number of carbonyl (C=O) groups is 2. The number of alkyl halides is 3. The Hall–Kier alpha value is -3.70. The quantitative estimate of drug-likeness (QED) is 0.418. The number of hydrogen-bond donors (Lipinski definition) is 3. The second-order valence-electron chi connectivity index (χ2n) is 7.59. The minimum Gasteiger partial charge on any atom is -0.345 e. The van der Waals surface area contributed by atoms with Crippen LogP contribution in [0.25, 0.3) is 11.8 Å². The Bertz CT molecular complexity index is 1310. The Morgan fingerprint density at radius 3 is 2.58 bits per heavy atom. The molecule has 194 valence electrons. The van der Waals surface area contributed by atoms with Gasteiger partial charge in [-0.2, -0.15) is 18.4 Å². The van der Waals surface area contributed by atoms with E-state index in [-0.39, 0.29) is 28.2 Å². The summed E-state index contributed by atoms with van der Waals surface area (Å²) in [6, 6.07) is 6.43. The normalized spacial score (nSPS) is 12.8. The summed E-state index contributed by atoms with van der Waals surface area (Å²) in [6.45, 7) is 3.06. The van der Waals surface area contributed by atoms with Crippen molar-refractivity contribution in [1.82, 2.24) is 19.8 Å². The van der Waals surface area contributed by atoms with Crippen molar-refractivity contribution in [2.75, 3.05) is 37.3 Å². The van der Waals surface area contributed by atoms with Gasteiger partial charge in [0.05, 0.1) is 6.54 Å². The monoisotopic (exact) mass is 525 g/mol. The van der Waals surface area contributed by atoms with Gasteiger partial charge in [-0.25, -0.2) is 4.98 Å². The summed E-state index contributed by atoms with van der Waals surface area (Å²) >= 11 is 0.778. The molecular weight excluding hydrogens is 499 g/mol. The zero-order valence-electron chi connectivity index (χ0n) is 19.9. The van der Waals surface area contributed by atoms with Gasteiger partial charge in [-0.3, -0.25) is 23.9 Å². The molecule has 0 saturated heterocycles. The molecule has 0 spiro atoms. The summed E-state index contributed by atoms with van der Waals surface area (Å²) < 4.78 is 38.5. The highest BCUT2D eigenvalue weighted by Crippen LogP contribution is 2.12. The number of carbonyl (C=O) groups excluding carboxylic acids is 2. The smallest absolute Gasteiger partial charge is 0.345 e. The largest absolute Gasteiger partial charge is 0.405 e. The molecule has 36 heavy (non-hydrogen) atoms. The molecule has 0 bridgehead atoms. The molecule has 2 aromatic heterocycles. The zero-order valence-corrected chi connectivity index (χ0v) is 20.7. The van der Waals surface area contributed by atoms with Gasteiger partial charge in [0.2, 0.25) is 5.91 Å². The Morgan fingerprint density at radius 2 is 1.97 bits per heavy atom.